The van der Waals surface area contributed by atoms with E-state index in [1.807, 2.05) is 24.3 Å². The molecule has 11 nitrogen and oxygen atoms in total. The number of amides is 2. The summed E-state index contributed by atoms with van der Waals surface area (Å²) in [5.41, 5.74) is 3.05. The number of aryl methyl sites for hydroxylation is 2. The minimum absolute atomic E-state index is 0.184. The molecule has 2 aromatic carbocycles. The largest absolute Gasteiger partial charge is 0.390 e. The molecule has 2 unspecified atom stereocenters. The highest BCUT2D eigenvalue weighted by molar-refractivity contribution is 5.94. The van der Waals surface area contributed by atoms with Gasteiger partial charge in [0.25, 0.3) is 11.8 Å². The molecule has 0 radical (unpaired) electrons. The van der Waals surface area contributed by atoms with Crippen molar-refractivity contribution in [2.24, 2.45) is 0 Å². The standard InChI is InChI=1S/C46H74N2O9/c1-4-7-10-11-12-13-14-15-16-17-18-19-22-38(49)40(50)37(48-45(55)36-29-25-34(26-30-36)21-9-6-3)32-56-46-43(53)42(52)41(51)39(57-46)31-47-44(54)35-27-23-33(24-28-35)20-8-5-2/h23-30,37-43,46,49-53H,4-22,31-32H2,1-3H3,(H,47,54)(H,48,55)/t37-,38+,39?,40-,41-,42-,43?,46-/m0/s1. The molecule has 3 rings (SSSR count). The van der Waals surface area contributed by atoms with Gasteiger partial charge in [-0.25, -0.2) is 0 Å². The molecule has 1 fully saturated rings. The number of carbonyl (C=O) groups excluding carboxylic acids is 2. The van der Waals surface area contributed by atoms with Crippen LogP contribution in [-0.4, -0.2) is 99.5 Å². The number of hydrogen-bond acceptors (Lipinski definition) is 9. The fourth-order valence-corrected chi connectivity index (χ4v) is 7.23. The van der Waals surface area contributed by atoms with Gasteiger partial charge in [-0.3, -0.25) is 9.59 Å². The maximum atomic E-state index is 13.4. The van der Waals surface area contributed by atoms with E-state index >= 15 is 0 Å². The molecular formula is C46H74N2O9. The summed E-state index contributed by atoms with van der Waals surface area (Å²) in [4.78, 5) is 26.3. The first-order valence-electron chi connectivity index (χ1n) is 22.0. The molecule has 322 valence electrons. The van der Waals surface area contributed by atoms with Gasteiger partial charge >= 0.3 is 0 Å². The Kier molecular flexibility index (Phi) is 23.6. The van der Waals surface area contributed by atoms with E-state index < -0.39 is 60.8 Å². The molecule has 1 saturated heterocycles. The summed E-state index contributed by atoms with van der Waals surface area (Å²) in [5, 5.41) is 60.2. The quantitative estimate of drug-likeness (QED) is 0.0451. The van der Waals surface area contributed by atoms with Crippen molar-refractivity contribution in [2.45, 2.75) is 192 Å². The molecule has 0 bridgehead atoms. The second-order valence-corrected chi connectivity index (χ2v) is 16.0. The second-order valence-electron chi connectivity index (χ2n) is 16.0. The molecule has 0 spiro atoms. The van der Waals surface area contributed by atoms with Crippen molar-refractivity contribution in [3.05, 3.63) is 70.8 Å². The smallest absolute Gasteiger partial charge is 0.251 e. The van der Waals surface area contributed by atoms with E-state index in [1.165, 1.54) is 51.4 Å². The van der Waals surface area contributed by atoms with Crippen molar-refractivity contribution in [1.82, 2.24) is 10.6 Å². The van der Waals surface area contributed by atoms with Crippen molar-refractivity contribution < 1.29 is 44.6 Å². The highest BCUT2D eigenvalue weighted by Crippen LogP contribution is 2.23. The highest BCUT2D eigenvalue weighted by Gasteiger charge is 2.45. The SMILES string of the molecule is CCCCCCCCCCCCCC[C@@H](O)[C@@H](O)[C@H](CO[C@H]1OC(CNC(=O)c2ccc(CCCC)cc2)[C@H](O)[C@H](O)C1O)NC(=O)c1ccc(CCCC)cc1. The van der Waals surface area contributed by atoms with E-state index in [9.17, 15) is 35.1 Å². The lowest BCUT2D eigenvalue weighted by Gasteiger charge is -2.41. The fraction of sp³-hybridized carbons (Fsp3) is 0.696. The van der Waals surface area contributed by atoms with Crippen molar-refractivity contribution in [2.75, 3.05) is 13.2 Å². The molecule has 2 amide bonds. The molecule has 8 atom stereocenters. The highest BCUT2D eigenvalue weighted by atomic mass is 16.7. The summed E-state index contributed by atoms with van der Waals surface area (Å²) in [6.07, 6.45) is 10.4. The Morgan fingerprint density at radius 2 is 1.11 bits per heavy atom. The molecular weight excluding hydrogens is 725 g/mol. The van der Waals surface area contributed by atoms with Crippen LogP contribution in [0.5, 0.6) is 0 Å². The summed E-state index contributed by atoms with van der Waals surface area (Å²) >= 11 is 0. The van der Waals surface area contributed by atoms with Crippen LogP contribution in [0.4, 0.5) is 0 Å². The van der Waals surface area contributed by atoms with Crippen LogP contribution >= 0.6 is 0 Å². The van der Waals surface area contributed by atoms with E-state index in [0.717, 1.165) is 68.9 Å². The molecule has 0 aromatic heterocycles. The Morgan fingerprint density at radius 3 is 1.61 bits per heavy atom. The first-order valence-corrected chi connectivity index (χ1v) is 22.0. The Hall–Kier alpha value is -2.90. The van der Waals surface area contributed by atoms with Gasteiger partial charge in [-0.2, -0.15) is 0 Å². The average molecular weight is 799 g/mol. The molecule has 11 heteroatoms. The van der Waals surface area contributed by atoms with E-state index in [1.54, 1.807) is 24.3 Å². The van der Waals surface area contributed by atoms with Crippen molar-refractivity contribution in [3.8, 4) is 0 Å². The number of ether oxygens (including phenoxy) is 2. The van der Waals surface area contributed by atoms with Crippen LogP contribution in [0.2, 0.25) is 0 Å². The van der Waals surface area contributed by atoms with Crippen LogP contribution in [0.3, 0.4) is 0 Å². The average Bonchev–Trinajstić information content (AvgIpc) is 3.23. The predicted octanol–water partition coefficient (Wildman–Crippen LogP) is 6.54. The number of hydrogen-bond donors (Lipinski definition) is 7. The third kappa shape index (κ3) is 17.5. The van der Waals surface area contributed by atoms with Crippen molar-refractivity contribution in [3.63, 3.8) is 0 Å². The van der Waals surface area contributed by atoms with Gasteiger partial charge in [0.2, 0.25) is 0 Å². The van der Waals surface area contributed by atoms with E-state index in [4.69, 9.17) is 9.47 Å². The molecule has 1 aliphatic rings. The fourth-order valence-electron chi connectivity index (χ4n) is 7.23. The molecule has 0 saturated carbocycles. The topological polar surface area (TPSA) is 178 Å². The lowest BCUT2D eigenvalue weighted by molar-refractivity contribution is -0.297. The van der Waals surface area contributed by atoms with Gasteiger partial charge in [0.05, 0.1) is 18.8 Å². The monoisotopic (exact) mass is 799 g/mol. The van der Waals surface area contributed by atoms with Gasteiger partial charge in [-0.15, -0.1) is 0 Å². The maximum absolute atomic E-state index is 13.4. The number of nitrogens with one attached hydrogen (secondary N) is 2. The molecule has 57 heavy (non-hydrogen) atoms. The van der Waals surface area contributed by atoms with Crippen LogP contribution in [0.15, 0.2) is 48.5 Å². The Bertz CT molecular complexity index is 1370. The van der Waals surface area contributed by atoms with Gasteiger partial charge in [0.15, 0.2) is 6.29 Å². The van der Waals surface area contributed by atoms with Crippen molar-refractivity contribution >= 4 is 11.8 Å². The van der Waals surface area contributed by atoms with E-state index in [2.05, 4.69) is 31.4 Å². The lowest BCUT2D eigenvalue weighted by atomic mass is 9.98. The second kappa shape index (κ2) is 27.7. The molecule has 0 aliphatic carbocycles. The van der Waals surface area contributed by atoms with Crippen LogP contribution in [-0.2, 0) is 22.3 Å². The Labute approximate surface area is 342 Å². The van der Waals surface area contributed by atoms with Gasteiger partial charge in [-0.05, 0) is 67.5 Å². The number of unbranched alkanes of at least 4 members (excludes halogenated alkanes) is 13. The Morgan fingerprint density at radius 1 is 0.632 bits per heavy atom. The van der Waals surface area contributed by atoms with Crippen LogP contribution < -0.4 is 10.6 Å². The van der Waals surface area contributed by atoms with Gasteiger partial charge in [-0.1, -0.05) is 135 Å². The third-order valence-corrected chi connectivity index (χ3v) is 11.1. The van der Waals surface area contributed by atoms with Crippen LogP contribution in [0.25, 0.3) is 0 Å². The number of aliphatic hydroxyl groups is 5. The maximum Gasteiger partial charge on any atom is 0.251 e. The number of carbonyl (C=O) groups is 2. The number of rotatable bonds is 29. The van der Waals surface area contributed by atoms with E-state index in [-0.39, 0.29) is 13.2 Å². The van der Waals surface area contributed by atoms with Gasteiger partial charge in [0, 0.05) is 17.7 Å². The zero-order valence-corrected chi connectivity index (χ0v) is 35.0. The minimum Gasteiger partial charge on any atom is -0.390 e. The summed E-state index contributed by atoms with van der Waals surface area (Å²) < 4.78 is 11.7. The molecule has 2 aromatic rings. The van der Waals surface area contributed by atoms with Gasteiger partial charge in [0.1, 0.15) is 30.5 Å². The van der Waals surface area contributed by atoms with E-state index in [0.29, 0.717) is 24.0 Å². The normalized spacial score (nSPS) is 21.2. The first-order chi connectivity index (χ1) is 27.6. The van der Waals surface area contributed by atoms with Crippen LogP contribution in [0, 0.1) is 0 Å². The number of benzene rings is 2. The van der Waals surface area contributed by atoms with Crippen molar-refractivity contribution in [1.29, 1.82) is 0 Å². The molecule has 1 aliphatic heterocycles. The molecule has 1 heterocycles. The van der Waals surface area contributed by atoms with Gasteiger partial charge < -0.3 is 45.6 Å². The zero-order valence-electron chi connectivity index (χ0n) is 35.0. The molecule has 7 N–H and O–H groups in total. The third-order valence-electron chi connectivity index (χ3n) is 11.1. The summed E-state index contributed by atoms with van der Waals surface area (Å²) in [7, 11) is 0. The lowest BCUT2D eigenvalue weighted by Crippen LogP contribution is -2.61. The summed E-state index contributed by atoms with van der Waals surface area (Å²) in [6.45, 7) is 5.90. The first kappa shape index (κ1) is 48.5. The number of aliphatic hydroxyl groups excluding tert-OH is 5. The summed E-state index contributed by atoms with van der Waals surface area (Å²) in [5.74, 6) is -0.862. The predicted molar refractivity (Wildman–Crippen MR) is 224 cm³/mol. The summed E-state index contributed by atoms with van der Waals surface area (Å²) in [6, 6.07) is 13.4. The zero-order chi connectivity index (χ0) is 41.4. The Balaban J connectivity index is 1.58. The minimum atomic E-state index is -1.67. The van der Waals surface area contributed by atoms with Crippen LogP contribution in [0.1, 0.15) is 162 Å².